The lowest BCUT2D eigenvalue weighted by atomic mass is 9.59. The first-order chi connectivity index (χ1) is 11.6. The first-order valence-corrected chi connectivity index (χ1v) is 8.12. The van der Waals surface area contributed by atoms with Crippen LogP contribution in [0.1, 0.15) is 36.3 Å². The van der Waals surface area contributed by atoms with Crippen molar-refractivity contribution in [2.24, 2.45) is 5.92 Å². The second-order valence-electron chi connectivity index (χ2n) is 6.42. The summed E-state index contributed by atoms with van der Waals surface area (Å²) in [5, 5.41) is 19.7. The summed E-state index contributed by atoms with van der Waals surface area (Å²) in [4.78, 5) is 24.1. The van der Waals surface area contributed by atoms with Crippen LogP contribution in [0.25, 0.3) is 0 Å². The van der Waals surface area contributed by atoms with Gasteiger partial charge in [-0.3, -0.25) is 9.59 Å². The highest BCUT2D eigenvalue weighted by Gasteiger charge is 2.54. The predicted molar refractivity (Wildman–Crippen MR) is 89.9 cm³/mol. The summed E-state index contributed by atoms with van der Waals surface area (Å²) in [6, 6.07) is 18.6. The van der Waals surface area contributed by atoms with Crippen molar-refractivity contribution in [3.05, 3.63) is 71.8 Å². The quantitative estimate of drug-likeness (QED) is 0.899. The van der Waals surface area contributed by atoms with Gasteiger partial charge in [-0.25, -0.2) is 0 Å². The van der Waals surface area contributed by atoms with E-state index in [4.69, 9.17) is 0 Å². The molecular weight excluding hydrogens is 304 g/mol. The van der Waals surface area contributed by atoms with Crippen LogP contribution in [0, 0.1) is 5.92 Å². The third-order valence-corrected chi connectivity index (χ3v) is 5.24. The molecule has 24 heavy (non-hydrogen) atoms. The van der Waals surface area contributed by atoms with E-state index in [-0.39, 0.29) is 5.92 Å². The number of carboxylic acids is 2. The summed E-state index contributed by atoms with van der Waals surface area (Å²) in [5.74, 6) is -2.96. The van der Waals surface area contributed by atoms with E-state index in [0.29, 0.717) is 24.8 Å². The van der Waals surface area contributed by atoms with Gasteiger partial charge in [-0.15, -0.1) is 0 Å². The maximum atomic E-state index is 12.2. The largest absolute Gasteiger partial charge is 0.481 e. The highest BCUT2D eigenvalue weighted by atomic mass is 16.4. The fraction of sp³-hybridized carbons (Fsp3) is 0.300. The Labute approximate surface area is 140 Å². The van der Waals surface area contributed by atoms with Gasteiger partial charge in [0.05, 0.1) is 5.92 Å². The first kappa shape index (κ1) is 16.2. The molecule has 2 aromatic carbocycles. The molecule has 0 saturated heterocycles. The molecule has 0 aliphatic heterocycles. The van der Waals surface area contributed by atoms with E-state index < -0.39 is 23.3 Å². The molecule has 0 spiro atoms. The Hall–Kier alpha value is -2.62. The molecule has 0 aromatic heterocycles. The summed E-state index contributed by atoms with van der Waals surface area (Å²) in [6.07, 6.45) is 1.32. The van der Waals surface area contributed by atoms with Crippen molar-refractivity contribution in [3.63, 3.8) is 0 Å². The van der Waals surface area contributed by atoms with Gasteiger partial charge in [-0.2, -0.15) is 0 Å². The smallest absolute Gasteiger partial charge is 0.315 e. The van der Waals surface area contributed by atoms with E-state index in [1.54, 1.807) is 24.3 Å². The second kappa shape index (κ2) is 6.48. The Balaban J connectivity index is 2.02. The van der Waals surface area contributed by atoms with Crippen LogP contribution in [-0.4, -0.2) is 22.2 Å². The van der Waals surface area contributed by atoms with Crippen LogP contribution in [0.2, 0.25) is 0 Å². The number of hydrogen-bond donors (Lipinski definition) is 2. The van der Waals surface area contributed by atoms with Gasteiger partial charge in [0.15, 0.2) is 0 Å². The molecule has 3 unspecified atom stereocenters. The van der Waals surface area contributed by atoms with Crippen molar-refractivity contribution >= 4 is 11.9 Å². The number of carbonyl (C=O) groups is 2. The average molecular weight is 324 g/mol. The minimum Gasteiger partial charge on any atom is -0.481 e. The topological polar surface area (TPSA) is 74.6 Å². The van der Waals surface area contributed by atoms with Gasteiger partial charge in [0.1, 0.15) is 5.41 Å². The molecule has 124 valence electrons. The van der Waals surface area contributed by atoms with Gasteiger partial charge in [0.25, 0.3) is 0 Å². The zero-order valence-electron chi connectivity index (χ0n) is 13.3. The van der Waals surface area contributed by atoms with Gasteiger partial charge < -0.3 is 10.2 Å². The van der Waals surface area contributed by atoms with Gasteiger partial charge in [0, 0.05) is 0 Å². The van der Waals surface area contributed by atoms with Crippen LogP contribution in [0.4, 0.5) is 0 Å². The number of hydrogen-bond acceptors (Lipinski definition) is 2. The van der Waals surface area contributed by atoms with Crippen LogP contribution in [0.3, 0.4) is 0 Å². The zero-order chi connectivity index (χ0) is 17.2. The third-order valence-electron chi connectivity index (χ3n) is 5.24. The maximum Gasteiger partial charge on any atom is 0.315 e. The van der Waals surface area contributed by atoms with Gasteiger partial charge in [-0.1, -0.05) is 60.7 Å². The molecule has 1 saturated carbocycles. The molecule has 2 aromatic rings. The molecule has 0 heterocycles. The molecule has 3 rings (SSSR count). The molecule has 1 aliphatic rings. The molecule has 2 N–H and O–H groups in total. The van der Waals surface area contributed by atoms with Crippen LogP contribution < -0.4 is 0 Å². The monoisotopic (exact) mass is 324 g/mol. The normalized spacial score (nSPS) is 26.7. The molecule has 1 fully saturated rings. The molecule has 4 nitrogen and oxygen atoms in total. The van der Waals surface area contributed by atoms with E-state index in [0.717, 1.165) is 5.56 Å². The highest BCUT2D eigenvalue weighted by molar-refractivity contribution is 5.89. The van der Waals surface area contributed by atoms with Crippen LogP contribution in [-0.2, 0) is 15.0 Å². The Bertz CT molecular complexity index is 726. The SMILES string of the molecule is O=C(O)C1CC(c2ccccc2)CCC1(C(=O)O)c1ccccc1. The fourth-order valence-corrected chi connectivity index (χ4v) is 3.98. The van der Waals surface area contributed by atoms with Crippen molar-refractivity contribution in [2.75, 3.05) is 0 Å². The Morgan fingerprint density at radius 2 is 1.50 bits per heavy atom. The lowest BCUT2D eigenvalue weighted by Gasteiger charge is -2.42. The molecule has 4 heteroatoms. The van der Waals surface area contributed by atoms with Crippen molar-refractivity contribution in [1.82, 2.24) is 0 Å². The summed E-state index contributed by atoms with van der Waals surface area (Å²) in [5.41, 5.74) is 0.297. The number of aliphatic carboxylic acids is 2. The molecule has 0 bridgehead atoms. The molecule has 0 amide bonds. The second-order valence-corrected chi connectivity index (χ2v) is 6.42. The van der Waals surface area contributed by atoms with Gasteiger partial charge in [0.2, 0.25) is 0 Å². The summed E-state index contributed by atoms with van der Waals surface area (Å²) in [7, 11) is 0. The average Bonchev–Trinajstić information content (AvgIpc) is 2.62. The van der Waals surface area contributed by atoms with E-state index >= 15 is 0 Å². The minimum absolute atomic E-state index is 0.0727. The molecule has 0 radical (unpaired) electrons. The van der Waals surface area contributed by atoms with E-state index in [1.165, 1.54) is 0 Å². The highest BCUT2D eigenvalue weighted by Crippen LogP contribution is 2.49. The summed E-state index contributed by atoms with van der Waals surface area (Å²) in [6.45, 7) is 0. The first-order valence-electron chi connectivity index (χ1n) is 8.12. The van der Waals surface area contributed by atoms with E-state index in [9.17, 15) is 19.8 Å². The van der Waals surface area contributed by atoms with Gasteiger partial charge >= 0.3 is 11.9 Å². The summed E-state index contributed by atoms with van der Waals surface area (Å²) < 4.78 is 0. The molecule has 1 aliphatic carbocycles. The Morgan fingerprint density at radius 1 is 0.917 bits per heavy atom. The minimum atomic E-state index is -1.36. The number of rotatable bonds is 4. The van der Waals surface area contributed by atoms with E-state index in [2.05, 4.69) is 0 Å². The van der Waals surface area contributed by atoms with Crippen molar-refractivity contribution < 1.29 is 19.8 Å². The van der Waals surface area contributed by atoms with Crippen molar-refractivity contribution in [2.45, 2.75) is 30.6 Å². The Morgan fingerprint density at radius 3 is 2.04 bits per heavy atom. The zero-order valence-corrected chi connectivity index (χ0v) is 13.3. The van der Waals surface area contributed by atoms with E-state index in [1.807, 2.05) is 36.4 Å². The molecular formula is C20H20O4. The van der Waals surface area contributed by atoms with Crippen LogP contribution >= 0.6 is 0 Å². The lowest BCUT2D eigenvalue weighted by molar-refractivity contribution is -0.159. The fourth-order valence-electron chi connectivity index (χ4n) is 3.98. The number of benzene rings is 2. The van der Waals surface area contributed by atoms with Crippen molar-refractivity contribution in [1.29, 1.82) is 0 Å². The predicted octanol–water partition coefficient (Wildman–Crippen LogP) is 3.68. The van der Waals surface area contributed by atoms with Crippen LogP contribution in [0.15, 0.2) is 60.7 Å². The summed E-state index contributed by atoms with van der Waals surface area (Å²) >= 11 is 0. The standard InChI is InChI=1S/C20H20O4/c21-18(22)17-13-15(14-7-3-1-4-8-14)11-12-20(17,19(23)24)16-9-5-2-6-10-16/h1-10,15,17H,11-13H2,(H,21,22)(H,23,24). The van der Waals surface area contributed by atoms with Crippen molar-refractivity contribution in [3.8, 4) is 0 Å². The number of carboxylic acid groups (broad SMARTS) is 2. The lowest BCUT2D eigenvalue weighted by Crippen LogP contribution is -2.49. The third kappa shape index (κ3) is 2.68. The maximum absolute atomic E-state index is 12.2. The van der Waals surface area contributed by atoms with Gasteiger partial charge in [-0.05, 0) is 36.3 Å². The Kier molecular flexibility index (Phi) is 4.38. The molecule has 3 atom stereocenters. The van der Waals surface area contributed by atoms with Crippen LogP contribution in [0.5, 0.6) is 0 Å².